The van der Waals surface area contributed by atoms with Gasteiger partial charge in [-0.3, -0.25) is 4.79 Å². The number of carboxylic acids is 1. The van der Waals surface area contributed by atoms with Crippen molar-refractivity contribution in [3.05, 3.63) is 21.9 Å². The van der Waals surface area contributed by atoms with Gasteiger partial charge in [0.1, 0.15) is 0 Å². The van der Waals surface area contributed by atoms with Gasteiger partial charge in [-0.05, 0) is 42.2 Å². The second kappa shape index (κ2) is 6.93. The fourth-order valence-corrected chi connectivity index (χ4v) is 3.64. The van der Waals surface area contributed by atoms with E-state index in [9.17, 15) is 9.59 Å². The summed E-state index contributed by atoms with van der Waals surface area (Å²) in [4.78, 5) is 24.4. The molecule has 1 heterocycles. The molecule has 1 aliphatic carbocycles. The molecule has 1 aromatic rings. The SMILES string of the molecule is CC(C)C(CNC(=O)NC1CCCc2sccc21)C(=O)O. The quantitative estimate of drug-likeness (QED) is 0.782. The maximum Gasteiger partial charge on any atom is 0.315 e. The highest BCUT2D eigenvalue weighted by Crippen LogP contribution is 2.33. The molecule has 0 saturated carbocycles. The molecule has 1 aliphatic rings. The van der Waals surface area contributed by atoms with Crippen molar-refractivity contribution in [1.29, 1.82) is 0 Å². The van der Waals surface area contributed by atoms with Crippen molar-refractivity contribution in [2.75, 3.05) is 6.54 Å². The van der Waals surface area contributed by atoms with E-state index in [1.165, 1.54) is 10.4 Å². The molecule has 0 spiro atoms. The highest BCUT2D eigenvalue weighted by molar-refractivity contribution is 7.10. The van der Waals surface area contributed by atoms with Gasteiger partial charge < -0.3 is 15.7 Å². The number of rotatable bonds is 5. The van der Waals surface area contributed by atoms with Crippen LogP contribution < -0.4 is 10.6 Å². The number of carbonyl (C=O) groups excluding carboxylic acids is 1. The Bertz CT molecular complexity index is 513. The van der Waals surface area contributed by atoms with Crippen LogP contribution in [0, 0.1) is 11.8 Å². The molecule has 5 nitrogen and oxygen atoms in total. The Morgan fingerprint density at radius 1 is 1.48 bits per heavy atom. The zero-order valence-electron chi connectivity index (χ0n) is 12.4. The van der Waals surface area contributed by atoms with Gasteiger partial charge in [0, 0.05) is 11.4 Å². The van der Waals surface area contributed by atoms with Gasteiger partial charge in [0.2, 0.25) is 0 Å². The summed E-state index contributed by atoms with van der Waals surface area (Å²) in [5.74, 6) is -1.44. The van der Waals surface area contributed by atoms with E-state index in [-0.39, 0.29) is 24.5 Å². The normalized spacial score (nSPS) is 18.9. The Kier molecular flexibility index (Phi) is 5.22. The molecule has 0 fully saturated rings. The van der Waals surface area contributed by atoms with Gasteiger partial charge in [0.25, 0.3) is 0 Å². The molecule has 1 aromatic heterocycles. The molecule has 0 bridgehead atoms. The van der Waals surface area contributed by atoms with Gasteiger partial charge in [0.05, 0.1) is 12.0 Å². The Morgan fingerprint density at radius 2 is 2.24 bits per heavy atom. The summed E-state index contributed by atoms with van der Waals surface area (Å²) >= 11 is 1.73. The first-order chi connectivity index (χ1) is 9.99. The molecule has 21 heavy (non-hydrogen) atoms. The smallest absolute Gasteiger partial charge is 0.315 e. The van der Waals surface area contributed by atoms with Crippen LogP contribution in [0.2, 0.25) is 0 Å². The van der Waals surface area contributed by atoms with Crippen molar-refractivity contribution >= 4 is 23.3 Å². The molecule has 2 atom stereocenters. The monoisotopic (exact) mass is 310 g/mol. The molecule has 6 heteroatoms. The van der Waals surface area contributed by atoms with Crippen molar-refractivity contribution < 1.29 is 14.7 Å². The molecule has 0 saturated heterocycles. The summed E-state index contributed by atoms with van der Waals surface area (Å²) in [7, 11) is 0. The molecule has 2 amide bonds. The highest BCUT2D eigenvalue weighted by Gasteiger charge is 2.25. The predicted molar refractivity (Wildman–Crippen MR) is 82.5 cm³/mol. The first-order valence-electron chi connectivity index (χ1n) is 7.32. The topological polar surface area (TPSA) is 78.4 Å². The number of carboxylic acid groups (broad SMARTS) is 1. The van der Waals surface area contributed by atoms with Crippen LogP contribution in [0.4, 0.5) is 4.79 Å². The number of hydrogen-bond donors (Lipinski definition) is 3. The van der Waals surface area contributed by atoms with Crippen molar-refractivity contribution in [2.24, 2.45) is 11.8 Å². The third-order valence-electron chi connectivity index (χ3n) is 3.96. The minimum Gasteiger partial charge on any atom is -0.481 e. The minimum atomic E-state index is -0.872. The van der Waals surface area contributed by atoms with E-state index in [1.54, 1.807) is 11.3 Å². The third-order valence-corrected chi connectivity index (χ3v) is 4.96. The molecule has 2 unspecified atom stereocenters. The second-order valence-electron chi connectivity index (χ2n) is 5.79. The average Bonchev–Trinajstić information content (AvgIpc) is 2.87. The first kappa shape index (κ1) is 15.8. The van der Waals surface area contributed by atoms with Gasteiger partial charge in [-0.25, -0.2) is 4.79 Å². The van der Waals surface area contributed by atoms with Gasteiger partial charge in [-0.1, -0.05) is 13.8 Å². The standard InChI is InChI=1S/C15H22N2O3S/c1-9(2)11(14(18)19)8-16-15(20)17-12-4-3-5-13-10(12)6-7-21-13/h6-7,9,11-12H,3-5,8H2,1-2H3,(H,18,19)(H2,16,17,20). The Labute approximate surface area is 128 Å². The van der Waals surface area contributed by atoms with Crippen LogP contribution in [0.1, 0.15) is 43.2 Å². The van der Waals surface area contributed by atoms with Crippen LogP contribution in [-0.2, 0) is 11.2 Å². The van der Waals surface area contributed by atoms with Gasteiger partial charge >= 0.3 is 12.0 Å². The van der Waals surface area contributed by atoms with E-state index in [0.717, 1.165) is 19.3 Å². The van der Waals surface area contributed by atoms with Crippen LogP contribution in [0.15, 0.2) is 11.4 Å². The largest absolute Gasteiger partial charge is 0.481 e. The van der Waals surface area contributed by atoms with Gasteiger partial charge in [0.15, 0.2) is 0 Å². The van der Waals surface area contributed by atoms with Crippen LogP contribution in [-0.4, -0.2) is 23.7 Å². The summed E-state index contributed by atoms with van der Waals surface area (Å²) < 4.78 is 0. The Hall–Kier alpha value is -1.56. The zero-order chi connectivity index (χ0) is 15.4. The zero-order valence-corrected chi connectivity index (χ0v) is 13.2. The summed E-state index contributed by atoms with van der Waals surface area (Å²) in [6, 6.07) is 1.83. The van der Waals surface area contributed by atoms with E-state index in [2.05, 4.69) is 22.1 Å². The van der Waals surface area contributed by atoms with E-state index in [4.69, 9.17) is 5.11 Å². The second-order valence-corrected chi connectivity index (χ2v) is 6.79. The van der Waals surface area contributed by atoms with Crippen LogP contribution >= 0.6 is 11.3 Å². The Morgan fingerprint density at radius 3 is 2.90 bits per heavy atom. The molecule has 0 aliphatic heterocycles. The van der Waals surface area contributed by atoms with Crippen LogP contribution in [0.25, 0.3) is 0 Å². The summed E-state index contributed by atoms with van der Waals surface area (Å²) in [5.41, 5.74) is 1.21. The number of hydrogen-bond acceptors (Lipinski definition) is 3. The number of carbonyl (C=O) groups is 2. The average molecular weight is 310 g/mol. The molecule has 3 N–H and O–H groups in total. The lowest BCUT2D eigenvalue weighted by atomic mass is 9.94. The highest BCUT2D eigenvalue weighted by atomic mass is 32.1. The number of urea groups is 1. The minimum absolute atomic E-state index is 0.0130. The van der Waals surface area contributed by atoms with E-state index >= 15 is 0 Å². The molecule has 2 rings (SSSR count). The van der Waals surface area contributed by atoms with Crippen LogP contribution in [0.3, 0.4) is 0 Å². The fraction of sp³-hybridized carbons (Fsp3) is 0.600. The number of amides is 2. The molecular weight excluding hydrogens is 288 g/mol. The summed E-state index contributed by atoms with van der Waals surface area (Å²) in [5, 5.41) is 16.8. The van der Waals surface area contributed by atoms with Crippen molar-refractivity contribution in [3.63, 3.8) is 0 Å². The van der Waals surface area contributed by atoms with E-state index in [1.807, 2.05) is 13.8 Å². The number of fused-ring (bicyclic) bond motifs is 1. The maximum absolute atomic E-state index is 12.0. The van der Waals surface area contributed by atoms with Crippen molar-refractivity contribution in [1.82, 2.24) is 10.6 Å². The van der Waals surface area contributed by atoms with Crippen molar-refractivity contribution in [2.45, 2.75) is 39.2 Å². The van der Waals surface area contributed by atoms with Crippen LogP contribution in [0.5, 0.6) is 0 Å². The number of aliphatic carboxylic acids is 1. The Balaban J connectivity index is 1.87. The molecule has 116 valence electrons. The lowest BCUT2D eigenvalue weighted by molar-refractivity contribution is -0.142. The van der Waals surface area contributed by atoms with Crippen molar-refractivity contribution in [3.8, 4) is 0 Å². The molecular formula is C15H22N2O3S. The van der Waals surface area contributed by atoms with Gasteiger partial charge in [-0.2, -0.15) is 0 Å². The third kappa shape index (κ3) is 3.97. The number of aryl methyl sites for hydroxylation is 1. The van der Waals surface area contributed by atoms with E-state index < -0.39 is 11.9 Å². The summed E-state index contributed by atoms with van der Waals surface area (Å²) in [6.07, 6.45) is 3.09. The molecule has 0 radical (unpaired) electrons. The maximum atomic E-state index is 12.0. The first-order valence-corrected chi connectivity index (χ1v) is 8.20. The van der Waals surface area contributed by atoms with Gasteiger partial charge in [-0.15, -0.1) is 11.3 Å². The lowest BCUT2D eigenvalue weighted by Gasteiger charge is -2.24. The number of thiophene rings is 1. The fourth-order valence-electron chi connectivity index (χ4n) is 2.66. The number of nitrogens with one attached hydrogen (secondary N) is 2. The predicted octanol–water partition coefficient (Wildman–Crippen LogP) is 2.78. The van der Waals surface area contributed by atoms with E-state index in [0.29, 0.717) is 0 Å². The summed E-state index contributed by atoms with van der Waals surface area (Å²) in [6.45, 7) is 3.84. The lowest BCUT2D eigenvalue weighted by Crippen LogP contribution is -2.43. The molecule has 0 aromatic carbocycles.